The highest BCUT2D eigenvalue weighted by Gasteiger charge is 2.22. The van der Waals surface area contributed by atoms with Crippen LogP contribution >= 0.6 is 11.3 Å². The second kappa shape index (κ2) is 6.33. The third-order valence-electron chi connectivity index (χ3n) is 4.60. The van der Waals surface area contributed by atoms with E-state index in [-0.39, 0.29) is 18.5 Å². The van der Waals surface area contributed by atoms with Crippen LogP contribution in [0.15, 0.2) is 45.3 Å². The van der Waals surface area contributed by atoms with Gasteiger partial charge in [0.15, 0.2) is 0 Å². The number of carbonyl (C=O) groups is 1. The molecule has 0 aliphatic heterocycles. The molecule has 1 aliphatic rings. The Balaban J connectivity index is 1.58. The summed E-state index contributed by atoms with van der Waals surface area (Å²) in [7, 11) is 0. The topological polar surface area (TPSA) is 84.0 Å². The minimum Gasteiger partial charge on any atom is -0.348 e. The average molecular weight is 355 g/mol. The SMILES string of the molecule is O=C(Cn1c(=O)[nH]c2ccsc2c1=O)N[C@H]1CCCc2ccccc21. The molecular formula is C18H17N3O3S. The molecule has 0 saturated heterocycles. The monoisotopic (exact) mass is 355 g/mol. The summed E-state index contributed by atoms with van der Waals surface area (Å²) in [5.41, 5.74) is 1.90. The van der Waals surface area contributed by atoms with E-state index in [2.05, 4.69) is 16.4 Å². The molecule has 128 valence electrons. The maximum atomic E-state index is 12.4. The van der Waals surface area contributed by atoms with Gasteiger partial charge in [0.1, 0.15) is 11.2 Å². The number of fused-ring (bicyclic) bond motifs is 2. The Morgan fingerprint density at radius 2 is 2.12 bits per heavy atom. The Kier molecular flexibility index (Phi) is 4.01. The van der Waals surface area contributed by atoms with Crippen molar-refractivity contribution in [1.29, 1.82) is 0 Å². The molecule has 0 unspecified atom stereocenters. The maximum absolute atomic E-state index is 12.4. The van der Waals surface area contributed by atoms with Gasteiger partial charge in [-0.05, 0) is 41.8 Å². The normalized spacial score (nSPS) is 16.6. The lowest BCUT2D eigenvalue weighted by Gasteiger charge is -2.26. The van der Waals surface area contributed by atoms with Crippen molar-refractivity contribution in [1.82, 2.24) is 14.9 Å². The van der Waals surface area contributed by atoms with E-state index >= 15 is 0 Å². The van der Waals surface area contributed by atoms with Crippen molar-refractivity contribution >= 4 is 27.5 Å². The van der Waals surface area contributed by atoms with Crippen molar-refractivity contribution in [3.8, 4) is 0 Å². The predicted molar refractivity (Wildman–Crippen MR) is 97.0 cm³/mol. The molecule has 1 atom stereocenters. The van der Waals surface area contributed by atoms with E-state index in [4.69, 9.17) is 0 Å². The predicted octanol–water partition coefficient (Wildman–Crippen LogP) is 1.95. The summed E-state index contributed by atoms with van der Waals surface area (Å²) in [5, 5.41) is 4.71. The number of carbonyl (C=O) groups excluding carboxylic acids is 1. The third-order valence-corrected chi connectivity index (χ3v) is 5.50. The molecule has 2 heterocycles. The number of aromatic amines is 1. The molecule has 3 aromatic rings. The first kappa shape index (κ1) is 15.8. The highest BCUT2D eigenvalue weighted by Crippen LogP contribution is 2.29. The van der Waals surface area contributed by atoms with Gasteiger partial charge in [-0.3, -0.25) is 9.59 Å². The molecule has 0 radical (unpaired) electrons. The molecule has 25 heavy (non-hydrogen) atoms. The van der Waals surface area contributed by atoms with Gasteiger partial charge in [-0.25, -0.2) is 9.36 Å². The van der Waals surface area contributed by atoms with Gasteiger partial charge in [-0.1, -0.05) is 24.3 Å². The fourth-order valence-electron chi connectivity index (χ4n) is 3.40. The van der Waals surface area contributed by atoms with Gasteiger partial charge < -0.3 is 10.3 Å². The second-order valence-corrected chi connectivity index (χ2v) is 7.11. The Labute approximate surface area is 147 Å². The summed E-state index contributed by atoms with van der Waals surface area (Å²) in [6, 6.07) is 9.68. The average Bonchev–Trinajstić information content (AvgIpc) is 3.07. The van der Waals surface area contributed by atoms with E-state index in [1.165, 1.54) is 16.9 Å². The molecular weight excluding hydrogens is 338 g/mol. The number of thiophene rings is 1. The number of rotatable bonds is 3. The molecule has 2 aromatic heterocycles. The minimum atomic E-state index is -0.560. The van der Waals surface area contributed by atoms with E-state index in [1.807, 2.05) is 18.2 Å². The molecule has 0 spiro atoms. The van der Waals surface area contributed by atoms with Gasteiger partial charge in [-0.2, -0.15) is 0 Å². The van der Waals surface area contributed by atoms with Gasteiger partial charge in [0, 0.05) is 0 Å². The lowest BCUT2D eigenvalue weighted by atomic mass is 9.88. The van der Waals surface area contributed by atoms with Gasteiger partial charge in [-0.15, -0.1) is 11.3 Å². The van der Waals surface area contributed by atoms with Gasteiger partial charge in [0.2, 0.25) is 5.91 Å². The number of nitrogens with zero attached hydrogens (tertiary/aromatic N) is 1. The molecule has 1 amide bonds. The molecule has 7 heteroatoms. The van der Waals surface area contributed by atoms with E-state index < -0.39 is 11.2 Å². The van der Waals surface area contributed by atoms with Gasteiger partial charge in [0.05, 0.1) is 11.6 Å². The quantitative estimate of drug-likeness (QED) is 0.753. The maximum Gasteiger partial charge on any atom is 0.329 e. The van der Waals surface area contributed by atoms with Crippen molar-refractivity contribution in [2.45, 2.75) is 31.8 Å². The van der Waals surface area contributed by atoms with Crippen LogP contribution in [0.25, 0.3) is 10.2 Å². The zero-order valence-electron chi connectivity index (χ0n) is 13.5. The van der Waals surface area contributed by atoms with E-state index in [9.17, 15) is 14.4 Å². The van der Waals surface area contributed by atoms with Crippen molar-refractivity contribution in [3.63, 3.8) is 0 Å². The van der Waals surface area contributed by atoms with Crippen molar-refractivity contribution in [2.75, 3.05) is 0 Å². The Hall–Kier alpha value is -2.67. The Morgan fingerprint density at radius 3 is 3.00 bits per heavy atom. The lowest BCUT2D eigenvalue weighted by Crippen LogP contribution is -2.41. The smallest absolute Gasteiger partial charge is 0.329 e. The first-order valence-corrected chi connectivity index (χ1v) is 9.09. The first-order valence-electron chi connectivity index (χ1n) is 8.21. The summed E-state index contributed by atoms with van der Waals surface area (Å²) < 4.78 is 1.42. The van der Waals surface area contributed by atoms with E-state index in [1.54, 1.807) is 11.4 Å². The number of amides is 1. The molecule has 4 rings (SSSR count). The molecule has 2 N–H and O–H groups in total. The molecule has 0 bridgehead atoms. The zero-order valence-corrected chi connectivity index (χ0v) is 14.3. The van der Waals surface area contributed by atoms with Gasteiger partial charge in [0.25, 0.3) is 5.56 Å². The number of aromatic nitrogens is 2. The van der Waals surface area contributed by atoms with Crippen molar-refractivity contribution < 1.29 is 4.79 Å². The number of hydrogen-bond acceptors (Lipinski definition) is 4. The van der Waals surface area contributed by atoms with Gasteiger partial charge >= 0.3 is 5.69 Å². The highest BCUT2D eigenvalue weighted by atomic mass is 32.1. The number of H-pyrrole nitrogens is 1. The van der Waals surface area contributed by atoms with Crippen LogP contribution in [0.3, 0.4) is 0 Å². The Morgan fingerprint density at radius 1 is 1.28 bits per heavy atom. The van der Waals surface area contributed by atoms with Crippen molar-refractivity contribution in [2.24, 2.45) is 0 Å². The summed E-state index contributed by atoms with van der Waals surface area (Å²) >= 11 is 1.26. The summed E-state index contributed by atoms with van der Waals surface area (Å²) in [6.07, 6.45) is 2.87. The second-order valence-electron chi connectivity index (χ2n) is 6.20. The van der Waals surface area contributed by atoms with E-state index in [0.29, 0.717) is 10.2 Å². The van der Waals surface area contributed by atoms with Crippen LogP contribution in [0.5, 0.6) is 0 Å². The van der Waals surface area contributed by atoms with Crippen molar-refractivity contribution in [3.05, 3.63) is 67.7 Å². The number of nitrogens with one attached hydrogen (secondary N) is 2. The van der Waals surface area contributed by atoms with Crippen LogP contribution in [0.4, 0.5) is 0 Å². The van der Waals surface area contributed by atoms with Crippen LogP contribution in [0, 0.1) is 0 Å². The van der Waals surface area contributed by atoms with Crippen LogP contribution in [-0.4, -0.2) is 15.5 Å². The number of aryl methyl sites for hydroxylation is 1. The van der Waals surface area contributed by atoms with E-state index in [0.717, 1.165) is 29.4 Å². The molecule has 1 aliphatic carbocycles. The fraction of sp³-hybridized carbons (Fsp3) is 0.278. The summed E-state index contributed by atoms with van der Waals surface area (Å²) in [5.74, 6) is -0.329. The number of benzene rings is 1. The number of hydrogen-bond donors (Lipinski definition) is 2. The molecule has 0 fully saturated rings. The summed E-state index contributed by atoms with van der Waals surface area (Å²) in [6.45, 7) is -0.277. The first-order chi connectivity index (χ1) is 12.1. The fourth-order valence-corrected chi connectivity index (χ4v) is 4.20. The molecule has 1 aromatic carbocycles. The minimum absolute atomic E-state index is 0.0716. The Bertz CT molecular complexity index is 1060. The largest absolute Gasteiger partial charge is 0.348 e. The highest BCUT2D eigenvalue weighted by molar-refractivity contribution is 7.17. The third kappa shape index (κ3) is 2.91. The molecule has 6 nitrogen and oxygen atoms in total. The zero-order chi connectivity index (χ0) is 17.4. The van der Waals surface area contributed by atoms with Crippen LogP contribution < -0.4 is 16.6 Å². The molecule has 0 saturated carbocycles. The van der Waals surface area contributed by atoms with Crippen LogP contribution in [0.1, 0.15) is 30.0 Å². The lowest BCUT2D eigenvalue weighted by molar-refractivity contribution is -0.122. The summed E-state index contributed by atoms with van der Waals surface area (Å²) in [4.78, 5) is 39.6. The van der Waals surface area contributed by atoms with Crippen LogP contribution in [0.2, 0.25) is 0 Å². The van der Waals surface area contributed by atoms with Crippen LogP contribution in [-0.2, 0) is 17.8 Å². The standard InChI is InChI=1S/C18H17N3O3S/c22-15(19-13-7-3-5-11-4-1-2-6-12(11)13)10-21-17(23)16-14(8-9-25-16)20-18(21)24/h1-2,4,6,8-9,13H,3,5,7,10H2,(H,19,22)(H,20,24)/t13-/m0/s1.